The van der Waals surface area contributed by atoms with Crippen molar-refractivity contribution in [3.8, 4) is 16.9 Å². The minimum atomic E-state index is -0.483. The summed E-state index contributed by atoms with van der Waals surface area (Å²) in [7, 11) is 2.98. The summed E-state index contributed by atoms with van der Waals surface area (Å²) < 4.78 is 15.4. The van der Waals surface area contributed by atoms with Gasteiger partial charge < -0.3 is 19.5 Å². The molecule has 1 aromatic carbocycles. The second kappa shape index (κ2) is 9.30. The minimum Gasteiger partial charge on any atom is -0.497 e. The Morgan fingerprint density at radius 3 is 2.37 bits per heavy atom. The Morgan fingerprint density at radius 1 is 1.22 bits per heavy atom. The number of thiophene rings is 1. The van der Waals surface area contributed by atoms with E-state index in [4.69, 9.17) is 19.5 Å². The molecule has 1 N–H and O–H groups in total. The fraction of sp³-hybridized carbons (Fsp3) is 0.278. The van der Waals surface area contributed by atoms with Crippen molar-refractivity contribution in [2.24, 2.45) is 0 Å². The highest BCUT2D eigenvalue weighted by Crippen LogP contribution is 2.40. The second-order valence-corrected chi connectivity index (χ2v) is 7.00. The third-order valence-electron chi connectivity index (χ3n) is 3.54. The molecule has 0 atom stereocenters. The van der Waals surface area contributed by atoms with E-state index in [2.05, 4.69) is 5.32 Å². The maximum atomic E-state index is 12.7. The molecule has 1 amide bonds. The molecule has 0 spiro atoms. The highest BCUT2D eigenvalue weighted by molar-refractivity contribution is 8.04. The number of benzene rings is 1. The molecule has 0 saturated heterocycles. The van der Waals surface area contributed by atoms with Crippen molar-refractivity contribution in [3.63, 3.8) is 0 Å². The topological polar surface area (TPSA) is 97.7 Å². The lowest BCUT2D eigenvalue weighted by atomic mass is 10.2. The van der Waals surface area contributed by atoms with E-state index in [0.29, 0.717) is 37.4 Å². The first kappa shape index (κ1) is 20.6. The molecule has 0 unspecified atom stereocenters. The van der Waals surface area contributed by atoms with E-state index in [9.17, 15) is 9.59 Å². The molecule has 142 valence electrons. The summed E-state index contributed by atoms with van der Waals surface area (Å²) in [5, 5.41) is 14.2. The minimum absolute atomic E-state index is 0.238. The average molecular weight is 406 g/mol. The molecule has 0 aliphatic carbocycles. The Morgan fingerprint density at radius 2 is 1.85 bits per heavy atom. The zero-order valence-electron chi connectivity index (χ0n) is 15.2. The van der Waals surface area contributed by atoms with Gasteiger partial charge in [0.15, 0.2) is 0 Å². The lowest BCUT2D eigenvalue weighted by Gasteiger charge is -2.09. The van der Waals surface area contributed by atoms with Crippen LogP contribution in [0.25, 0.3) is 0 Å². The number of thiocyanates is 1. The predicted octanol–water partition coefficient (Wildman–Crippen LogP) is 4.08. The number of nitrogens with one attached hydrogen (secondary N) is 1. The lowest BCUT2D eigenvalue weighted by Crippen LogP contribution is -2.11. The number of amides is 1. The maximum Gasteiger partial charge on any atom is 0.348 e. The molecular formula is C18H18N2O5S2. The predicted molar refractivity (Wildman–Crippen MR) is 104 cm³/mol. The van der Waals surface area contributed by atoms with Crippen LogP contribution in [0.15, 0.2) is 23.1 Å². The molecule has 9 heteroatoms. The largest absolute Gasteiger partial charge is 0.497 e. The van der Waals surface area contributed by atoms with Crippen LogP contribution in [0.2, 0.25) is 0 Å². The number of nitrogens with zero attached hydrogens (tertiary/aromatic N) is 1. The number of thioether (sulfide) groups is 1. The van der Waals surface area contributed by atoms with Gasteiger partial charge >= 0.3 is 5.97 Å². The fourth-order valence-electron chi connectivity index (χ4n) is 2.25. The molecule has 0 radical (unpaired) electrons. The van der Waals surface area contributed by atoms with Crippen LogP contribution in [0, 0.1) is 17.6 Å². The molecule has 1 aromatic heterocycles. The summed E-state index contributed by atoms with van der Waals surface area (Å²) in [6.07, 6.45) is 0. The molecule has 0 bridgehead atoms. The van der Waals surface area contributed by atoms with Crippen LogP contribution < -0.4 is 14.8 Å². The van der Waals surface area contributed by atoms with Crippen LogP contribution in [0.1, 0.15) is 32.5 Å². The summed E-state index contributed by atoms with van der Waals surface area (Å²) in [5.74, 6) is 0.0494. The SMILES string of the molecule is CCOC(=O)c1sc(NC(=O)c2cc(OC)cc(OC)c2)c(SC#N)c1C. The average Bonchev–Trinajstić information content (AvgIpc) is 2.97. The first-order chi connectivity index (χ1) is 12.9. The molecule has 0 saturated carbocycles. The van der Waals surface area contributed by atoms with Crippen molar-refractivity contribution in [1.29, 1.82) is 5.26 Å². The second-order valence-electron chi connectivity index (χ2n) is 5.18. The molecular weight excluding hydrogens is 388 g/mol. The van der Waals surface area contributed by atoms with Crippen molar-refractivity contribution >= 4 is 40.0 Å². The number of methoxy groups -OCH3 is 2. The number of hydrogen-bond donors (Lipinski definition) is 1. The number of hydrogen-bond acceptors (Lipinski definition) is 8. The Balaban J connectivity index is 2.38. The van der Waals surface area contributed by atoms with Gasteiger partial charge in [-0.25, -0.2) is 4.79 Å². The zero-order chi connectivity index (χ0) is 20.0. The quantitative estimate of drug-likeness (QED) is 0.420. The van der Waals surface area contributed by atoms with Crippen molar-refractivity contribution in [2.45, 2.75) is 18.7 Å². The van der Waals surface area contributed by atoms with Gasteiger partial charge in [-0.05, 0) is 43.3 Å². The zero-order valence-corrected chi connectivity index (χ0v) is 16.9. The summed E-state index contributed by atoms with van der Waals surface area (Å²) in [4.78, 5) is 25.7. The van der Waals surface area contributed by atoms with Gasteiger partial charge in [0.05, 0.1) is 25.7 Å². The van der Waals surface area contributed by atoms with E-state index in [1.165, 1.54) is 14.2 Å². The third-order valence-corrected chi connectivity index (χ3v) is 5.66. The molecule has 0 fully saturated rings. The monoisotopic (exact) mass is 406 g/mol. The van der Waals surface area contributed by atoms with Gasteiger partial charge in [-0.15, -0.1) is 11.3 Å². The number of esters is 1. The Bertz CT molecular complexity index is 880. The smallest absolute Gasteiger partial charge is 0.348 e. The molecule has 2 rings (SSSR count). The summed E-state index contributed by atoms with van der Waals surface area (Å²) in [6, 6.07) is 4.80. The van der Waals surface area contributed by atoms with Crippen LogP contribution in [0.3, 0.4) is 0 Å². The number of carbonyl (C=O) groups is 2. The van der Waals surface area contributed by atoms with Crippen LogP contribution >= 0.6 is 23.1 Å². The van der Waals surface area contributed by atoms with Crippen molar-refractivity contribution in [1.82, 2.24) is 0 Å². The van der Waals surface area contributed by atoms with Gasteiger partial charge in [0.2, 0.25) is 0 Å². The summed E-state index contributed by atoms with van der Waals surface area (Å²) in [6.45, 7) is 3.67. The number of nitriles is 1. The van der Waals surface area contributed by atoms with Crippen LogP contribution in [-0.4, -0.2) is 32.7 Å². The first-order valence-electron chi connectivity index (χ1n) is 7.86. The molecule has 1 heterocycles. The highest BCUT2D eigenvalue weighted by atomic mass is 32.2. The normalized spacial score (nSPS) is 10.0. The van der Waals surface area contributed by atoms with Gasteiger partial charge in [0.1, 0.15) is 26.8 Å². The highest BCUT2D eigenvalue weighted by Gasteiger charge is 2.23. The van der Waals surface area contributed by atoms with Crippen LogP contribution in [0.4, 0.5) is 5.00 Å². The fourth-order valence-corrected chi connectivity index (χ4v) is 4.05. The Hall–Kier alpha value is -2.70. The number of ether oxygens (including phenoxy) is 3. The van der Waals surface area contributed by atoms with Crippen LogP contribution in [-0.2, 0) is 4.74 Å². The van der Waals surface area contributed by atoms with Gasteiger partial charge in [-0.2, -0.15) is 5.26 Å². The number of anilines is 1. The first-order valence-corrected chi connectivity index (χ1v) is 9.49. The Kier molecular flexibility index (Phi) is 7.10. The van der Waals surface area contributed by atoms with Crippen molar-refractivity contribution in [2.75, 3.05) is 26.1 Å². The maximum absolute atomic E-state index is 12.7. The van der Waals surface area contributed by atoms with E-state index in [1.807, 2.05) is 5.40 Å². The molecule has 0 aliphatic heterocycles. The number of carbonyl (C=O) groups excluding carboxylic acids is 2. The standard InChI is InChI=1S/C18H18N2O5S2/c1-5-25-18(22)15-10(2)14(26-9-19)17(27-15)20-16(21)11-6-12(23-3)8-13(7-11)24-4/h6-8H,5H2,1-4H3,(H,20,21). The summed E-state index contributed by atoms with van der Waals surface area (Å²) >= 11 is 1.96. The van der Waals surface area contributed by atoms with E-state index in [0.717, 1.165) is 23.1 Å². The molecule has 27 heavy (non-hydrogen) atoms. The van der Waals surface area contributed by atoms with Crippen molar-refractivity contribution < 1.29 is 23.8 Å². The van der Waals surface area contributed by atoms with E-state index in [-0.39, 0.29) is 6.61 Å². The Labute approximate surface area is 165 Å². The number of rotatable bonds is 7. The van der Waals surface area contributed by atoms with Gasteiger partial charge in [0.25, 0.3) is 5.91 Å². The lowest BCUT2D eigenvalue weighted by molar-refractivity contribution is 0.0531. The van der Waals surface area contributed by atoms with Crippen molar-refractivity contribution in [3.05, 3.63) is 34.2 Å². The van der Waals surface area contributed by atoms with Crippen LogP contribution in [0.5, 0.6) is 11.5 Å². The molecule has 7 nitrogen and oxygen atoms in total. The van der Waals surface area contributed by atoms with Gasteiger partial charge in [0, 0.05) is 11.6 Å². The summed E-state index contributed by atoms with van der Waals surface area (Å²) in [5.41, 5.74) is 0.923. The molecule has 0 aliphatic rings. The third kappa shape index (κ3) is 4.72. The van der Waals surface area contributed by atoms with Gasteiger partial charge in [-0.3, -0.25) is 4.79 Å². The van der Waals surface area contributed by atoms with E-state index >= 15 is 0 Å². The molecule has 2 aromatic rings. The van der Waals surface area contributed by atoms with Gasteiger partial charge in [-0.1, -0.05) is 0 Å². The van der Waals surface area contributed by atoms with E-state index < -0.39 is 11.9 Å². The van der Waals surface area contributed by atoms with E-state index in [1.54, 1.807) is 32.0 Å².